The molecule has 0 radical (unpaired) electrons. The third-order valence-corrected chi connectivity index (χ3v) is 9.45. The summed E-state index contributed by atoms with van der Waals surface area (Å²) in [5, 5.41) is 0. The van der Waals surface area contributed by atoms with Gasteiger partial charge >= 0.3 is 11.9 Å². The van der Waals surface area contributed by atoms with Crippen molar-refractivity contribution in [3.63, 3.8) is 0 Å². The molecular formula is C40H42O4. The maximum absolute atomic E-state index is 13.6. The van der Waals surface area contributed by atoms with Gasteiger partial charge in [0.05, 0.1) is 11.1 Å². The van der Waals surface area contributed by atoms with Crippen LogP contribution in [-0.2, 0) is 9.47 Å². The van der Waals surface area contributed by atoms with Gasteiger partial charge in [-0.05, 0) is 84.0 Å². The molecule has 0 unspecified atom stereocenters. The fourth-order valence-corrected chi connectivity index (χ4v) is 6.92. The van der Waals surface area contributed by atoms with Gasteiger partial charge in [-0.3, -0.25) is 0 Å². The third-order valence-electron chi connectivity index (χ3n) is 9.45. The monoisotopic (exact) mass is 586 g/mol. The minimum Gasteiger partial charge on any atom is -0.450 e. The molecule has 6 rings (SSSR count). The van der Waals surface area contributed by atoms with E-state index >= 15 is 0 Å². The molecule has 0 saturated heterocycles. The van der Waals surface area contributed by atoms with Crippen molar-refractivity contribution in [2.24, 2.45) is 0 Å². The Morgan fingerprint density at radius 1 is 0.455 bits per heavy atom. The lowest BCUT2D eigenvalue weighted by Crippen LogP contribution is -2.23. The Morgan fingerprint density at radius 3 is 1.14 bits per heavy atom. The third kappa shape index (κ3) is 7.30. The molecule has 2 fully saturated rings. The summed E-state index contributed by atoms with van der Waals surface area (Å²) in [4.78, 5) is 27.3. The predicted molar refractivity (Wildman–Crippen MR) is 174 cm³/mol. The second-order valence-electron chi connectivity index (χ2n) is 12.4. The molecular weight excluding hydrogens is 544 g/mol. The van der Waals surface area contributed by atoms with Gasteiger partial charge in [0.1, 0.15) is 0 Å². The number of hydrogen-bond donors (Lipinski definition) is 0. The summed E-state index contributed by atoms with van der Waals surface area (Å²) >= 11 is 0. The summed E-state index contributed by atoms with van der Waals surface area (Å²) in [7, 11) is 0. The van der Waals surface area contributed by atoms with Crippen LogP contribution in [0.3, 0.4) is 0 Å². The quantitative estimate of drug-likeness (QED) is 0.183. The highest BCUT2D eigenvalue weighted by Crippen LogP contribution is 2.38. The largest absolute Gasteiger partial charge is 0.450 e. The molecule has 0 bridgehead atoms. The van der Waals surface area contributed by atoms with Gasteiger partial charge in [-0.1, -0.05) is 123 Å². The molecule has 0 amide bonds. The van der Waals surface area contributed by atoms with Crippen molar-refractivity contribution in [2.75, 3.05) is 0 Å². The van der Waals surface area contributed by atoms with E-state index in [2.05, 4.69) is 24.3 Å². The van der Waals surface area contributed by atoms with Crippen LogP contribution in [0.25, 0.3) is 0 Å². The zero-order valence-electron chi connectivity index (χ0n) is 25.4. The molecule has 2 saturated carbocycles. The van der Waals surface area contributed by atoms with Crippen LogP contribution >= 0.6 is 0 Å². The first-order valence-electron chi connectivity index (χ1n) is 16.4. The summed E-state index contributed by atoms with van der Waals surface area (Å²) < 4.78 is 12.5. The van der Waals surface area contributed by atoms with Crippen LogP contribution in [0.2, 0.25) is 0 Å². The van der Waals surface area contributed by atoms with E-state index in [1.807, 2.05) is 84.9 Å². The van der Waals surface area contributed by atoms with Crippen LogP contribution in [0.15, 0.2) is 109 Å². The van der Waals surface area contributed by atoms with E-state index < -0.39 is 24.1 Å². The van der Waals surface area contributed by atoms with Crippen LogP contribution < -0.4 is 0 Å². The average Bonchev–Trinajstić information content (AvgIpc) is 3.11. The first-order chi connectivity index (χ1) is 21.7. The van der Waals surface area contributed by atoms with Crippen LogP contribution in [-0.4, -0.2) is 11.9 Å². The van der Waals surface area contributed by atoms with Gasteiger partial charge in [0.15, 0.2) is 12.2 Å². The molecule has 226 valence electrons. The number of benzene rings is 4. The highest BCUT2D eigenvalue weighted by Gasteiger charge is 2.33. The number of carbonyl (C=O) groups excluding carboxylic acids is 2. The minimum absolute atomic E-state index is 0.442. The van der Waals surface area contributed by atoms with Crippen LogP contribution in [0, 0.1) is 0 Å². The zero-order chi connectivity index (χ0) is 30.1. The Hall–Kier alpha value is -4.18. The zero-order valence-corrected chi connectivity index (χ0v) is 25.4. The van der Waals surface area contributed by atoms with Gasteiger partial charge in [0, 0.05) is 0 Å². The summed E-state index contributed by atoms with van der Waals surface area (Å²) in [6.45, 7) is 0. The van der Waals surface area contributed by atoms with Crippen molar-refractivity contribution in [3.05, 3.63) is 143 Å². The number of hydrogen-bond acceptors (Lipinski definition) is 4. The SMILES string of the molecule is O=C(O[C@@H](c1ccccc1)[C@@H](OC(=O)c1ccc(C2CCCCC2)cc1)c1ccccc1)c1ccc(C2CCCCC2)cc1. The number of rotatable bonds is 9. The Morgan fingerprint density at radius 2 is 0.795 bits per heavy atom. The Bertz CT molecular complexity index is 1370. The van der Waals surface area contributed by atoms with Gasteiger partial charge in [-0.2, -0.15) is 0 Å². The van der Waals surface area contributed by atoms with Crippen molar-refractivity contribution in [2.45, 2.75) is 88.3 Å². The number of carbonyl (C=O) groups is 2. The van der Waals surface area contributed by atoms with Gasteiger partial charge in [-0.15, -0.1) is 0 Å². The van der Waals surface area contributed by atoms with Crippen molar-refractivity contribution >= 4 is 11.9 Å². The fourth-order valence-electron chi connectivity index (χ4n) is 6.92. The highest BCUT2D eigenvalue weighted by molar-refractivity contribution is 5.90. The smallest absolute Gasteiger partial charge is 0.338 e. The first kappa shape index (κ1) is 29.9. The fraction of sp³-hybridized carbons (Fsp3) is 0.350. The van der Waals surface area contributed by atoms with E-state index in [-0.39, 0.29) is 0 Å². The normalized spacial score (nSPS) is 17.4. The molecule has 0 spiro atoms. The number of esters is 2. The standard InChI is InChI=1S/C40H42O4/c41-39(35-25-21-31(22-26-35)29-13-5-1-6-14-29)43-37(33-17-9-3-10-18-33)38(34-19-11-4-12-20-34)44-40(42)36-27-23-32(24-28-36)30-15-7-2-8-16-30/h3-4,9-12,17-30,37-38H,1-2,5-8,13-16H2/t37-,38-/m0/s1. The summed E-state index contributed by atoms with van der Waals surface area (Å²) in [6, 6.07) is 34.8. The molecule has 2 aliphatic carbocycles. The predicted octanol–water partition coefficient (Wildman–Crippen LogP) is 10.3. The second kappa shape index (κ2) is 14.5. The molecule has 44 heavy (non-hydrogen) atoms. The summed E-state index contributed by atoms with van der Waals surface area (Å²) in [5.41, 5.74) is 5.06. The van der Waals surface area contributed by atoms with Gasteiger partial charge in [-0.25, -0.2) is 9.59 Å². The van der Waals surface area contributed by atoms with E-state index in [1.165, 1.54) is 75.3 Å². The minimum atomic E-state index is -0.838. The van der Waals surface area contributed by atoms with Crippen molar-refractivity contribution in [1.82, 2.24) is 0 Å². The molecule has 2 atom stereocenters. The Kier molecular flexibility index (Phi) is 9.86. The lowest BCUT2D eigenvalue weighted by Gasteiger charge is -2.28. The van der Waals surface area contributed by atoms with E-state index in [0.717, 1.165) is 11.1 Å². The van der Waals surface area contributed by atoms with Crippen molar-refractivity contribution in [3.8, 4) is 0 Å². The van der Waals surface area contributed by atoms with E-state index in [9.17, 15) is 9.59 Å². The molecule has 4 nitrogen and oxygen atoms in total. The van der Waals surface area contributed by atoms with E-state index in [1.54, 1.807) is 0 Å². The molecule has 4 aromatic carbocycles. The van der Waals surface area contributed by atoms with E-state index in [4.69, 9.17) is 9.47 Å². The maximum Gasteiger partial charge on any atom is 0.338 e. The van der Waals surface area contributed by atoms with Gasteiger partial charge in [0.25, 0.3) is 0 Å². The molecule has 0 aliphatic heterocycles. The highest BCUT2D eigenvalue weighted by atomic mass is 16.6. The molecule has 2 aliphatic rings. The van der Waals surface area contributed by atoms with Crippen LogP contribution in [0.1, 0.15) is 131 Å². The maximum atomic E-state index is 13.6. The lowest BCUT2D eigenvalue weighted by atomic mass is 9.84. The topological polar surface area (TPSA) is 52.6 Å². The van der Waals surface area contributed by atoms with Crippen LogP contribution in [0.5, 0.6) is 0 Å². The lowest BCUT2D eigenvalue weighted by molar-refractivity contribution is -0.0388. The Balaban J connectivity index is 1.25. The molecule has 4 heteroatoms. The second-order valence-corrected chi connectivity index (χ2v) is 12.4. The van der Waals surface area contributed by atoms with Gasteiger partial charge in [0.2, 0.25) is 0 Å². The molecule has 0 N–H and O–H groups in total. The molecule has 0 heterocycles. The number of ether oxygens (including phenoxy) is 2. The molecule has 0 aromatic heterocycles. The average molecular weight is 587 g/mol. The summed E-state index contributed by atoms with van der Waals surface area (Å²) in [5.74, 6) is 0.236. The van der Waals surface area contributed by atoms with Gasteiger partial charge < -0.3 is 9.47 Å². The van der Waals surface area contributed by atoms with E-state index in [0.29, 0.717) is 23.0 Å². The Labute approximate surface area is 261 Å². The van der Waals surface area contributed by atoms with Crippen LogP contribution in [0.4, 0.5) is 0 Å². The first-order valence-corrected chi connectivity index (χ1v) is 16.4. The molecule has 4 aromatic rings. The van der Waals surface area contributed by atoms with Crippen molar-refractivity contribution < 1.29 is 19.1 Å². The van der Waals surface area contributed by atoms with Crippen molar-refractivity contribution in [1.29, 1.82) is 0 Å². The summed E-state index contributed by atoms with van der Waals surface area (Å²) in [6.07, 6.45) is 10.8.